The highest BCUT2D eigenvalue weighted by molar-refractivity contribution is 7.99. The minimum Gasteiger partial charge on any atom is -0.383 e. The minimum absolute atomic E-state index is 0.0954. The monoisotopic (exact) mass is 312 g/mol. The Morgan fingerprint density at radius 3 is 2.40 bits per heavy atom. The maximum Gasteiger partial charge on any atom is 0.228 e. The number of nitrogens with two attached hydrogens (primary N) is 2. The quantitative estimate of drug-likeness (QED) is 0.702. The van der Waals surface area contributed by atoms with E-state index in [1.54, 1.807) is 0 Å². The van der Waals surface area contributed by atoms with Crippen molar-refractivity contribution in [2.75, 3.05) is 23.3 Å². The molecule has 2 aromatic heterocycles. The van der Waals surface area contributed by atoms with Crippen LogP contribution in [0.15, 0.2) is 16.4 Å². The lowest BCUT2D eigenvalue weighted by Gasteiger charge is -2.05. The number of halogens is 1. The second kappa shape index (κ2) is 6.53. The Kier molecular flexibility index (Phi) is 4.74. The van der Waals surface area contributed by atoms with Gasteiger partial charge < -0.3 is 16.8 Å². The molecule has 2 aromatic rings. The predicted octanol–water partition coefficient (Wildman–Crippen LogP) is 1.45. The van der Waals surface area contributed by atoms with E-state index in [1.165, 1.54) is 6.07 Å². The van der Waals surface area contributed by atoms with Gasteiger partial charge in [0.25, 0.3) is 0 Å². The molecule has 0 aliphatic rings. The molecule has 0 saturated carbocycles. The number of aromatic nitrogens is 5. The van der Waals surface area contributed by atoms with E-state index in [4.69, 9.17) is 23.1 Å². The first-order valence-corrected chi connectivity index (χ1v) is 6.99. The van der Waals surface area contributed by atoms with Crippen molar-refractivity contribution in [3.05, 3.63) is 11.3 Å². The van der Waals surface area contributed by atoms with Crippen molar-refractivity contribution >= 4 is 40.9 Å². The van der Waals surface area contributed by atoms with E-state index < -0.39 is 0 Å². The second-order valence-corrected chi connectivity index (χ2v) is 5.01. The summed E-state index contributed by atoms with van der Waals surface area (Å²) in [5.74, 6) is 0.972. The molecule has 0 amide bonds. The zero-order valence-electron chi connectivity index (χ0n) is 10.7. The van der Waals surface area contributed by atoms with Gasteiger partial charge in [-0.2, -0.15) is 15.0 Å². The molecule has 106 valence electrons. The van der Waals surface area contributed by atoms with Crippen LogP contribution in [0.25, 0.3) is 0 Å². The molecule has 0 aliphatic carbocycles. The Bertz CT molecular complexity index is 588. The van der Waals surface area contributed by atoms with E-state index in [0.717, 1.165) is 24.7 Å². The number of hydrogen-bond acceptors (Lipinski definition) is 9. The molecule has 2 rings (SSSR count). The number of nitrogens with one attached hydrogen (secondary N) is 1. The van der Waals surface area contributed by atoms with Gasteiger partial charge >= 0.3 is 0 Å². The van der Waals surface area contributed by atoms with Crippen LogP contribution in [-0.2, 0) is 0 Å². The molecule has 0 spiro atoms. The third-order valence-electron chi connectivity index (χ3n) is 2.05. The number of hydrogen-bond donors (Lipinski definition) is 3. The molecule has 0 fully saturated rings. The molecule has 0 aromatic carbocycles. The maximum absolute atomic E-state index is 5.85. The first kappa shape index (κ1) is 14.5. The van der Waals surface area contributed by atoms with Crippen molar-refractivity contribution in [1.29, 1.82) is 0 Å². The summed E-state index contributed by atoms with van der Waals surface area (Å²) in [6, 6.07) is 1.47. The van der Waals surface area contributed by atoms with Gasteiger partial charge in [-0.1, -0.05) is 6.92 Å². The van der Waals surface area contributed by atoms with Crippen LogP contribution < -0.4 is 16.8 Å². The van der Waals surface area contributed by atoms with Crippen LogP contribution in [0.2, 0.25) is 5.28 Å². The Hall–Kier alpha value is -1.87. The molecule has 0 unspecified atom stereocenters. The van der Waals surface area contributed by atoms with Crippen LogP contribution in [0.5, 0.6) is 0 Å². The van der Waals surface area contributed by atoms with Gasteiger partial charge in [0.15, 0.2) is 5.16 Å². The lowest BCUT2D eigenvalue weighted by molar-refractivity contribution is 0.871. The highest BCUT2D eigenvalue weighted by Gasteiger charge is 2.09. The van der Waals surface area contributed by atoms with E-state index in [2.05, 4.69) is 30.2 Å². The lowest BCUT2D eigenvalue weighted by atomic mass is 10.5. The molecular formula is C10H13ClN8S. The third-order valence-corrected chi connectivity index (χ3v) is 2.95. The topological polar surface area (TPSA) is 129 Å². The molecule has 0 bridgehead atoms. The third kappa shape index (κ3) is 4.07. The van der Waals surface area contributed by atoms with Crippen LogP contribution in [0.4, 0.5) is 17.6 Å². The summed E-state index contributed by atoms with van der Waals surface area (Å²) in [5, 5.41) is 3.85. The van der Waals surface area contributed by atoms with Gasteiger partial charge in [-0.3, -0.25) is 0 Å². The summed E-state index contributed by atoms with van der Waals surface area (Å²) in [7, 11) is 0. The van der Waals surface area contributed by atoms with Gasteiger partial charge in [-0.05, 0) is 29.8 Å². The van der Waals surface area contributed by atoms with Crippen LogP contribution >= 0.6 is 23.4 Å². The summed E-state index contributed by atoms with van der Waals surface area (Å²) in [4.78, 5) is 20.3. The first-order chi connectivity index (χ1) is 9.56. The largest absolute Gasteiger partial charge is 0.383 e. The van der Waals surface area contributed by atoms with E-state index in [-0.39, 0.29) is 16.9 Å². The van der Waals surface area contributed by atoms with E-state index in [9.17, 15) is 0 Å². The molecule has 20 heavy (non-hydrogen) atoms. The van der Waals surface area contributed by atoms with E-state index in [1.807, 2.05) is 6.92 Å². The minimum atomic E-state index is 0.0954. The molecule has 8 nitrogen and oxygen atoms in total. The number of nitrogen functional groups attached to an aromatic ring is 2. The van der Waals surface area contributed by atoms with Crippen molar-refractivity contribution in [2.24, 2.45) is 0 Å². The number of nitrogens with zero attached hydrogens (tertiary/aromatic N) is 5. The zero-order valence-corrected chi connectivity index (χ0v) is 12.2. The molecule has 0 aliphatic heterocycles. The average molecular weight is 313 g/mol. The normalized spacial score (nSPS) is 10.5. The van der Waals surface area contributed by atoms with Crippen LogP contribution in [-0.4, -0.2) is 31.5 Å². The molecule has 5 N–H and O–H groups in total. The molecular weight excluding hydrogens is 300 g/mol. The molecule has 0 atom stereocenters. The highest BCUT2D eigenvalue weighted by atomic mass is 35.5. The van der Waals surface area contributed by atoms with E-state index >= 15 is 0 Å². The molecule has 10 heteroatoms. The Morgan fingerprint density at radius 2 is 1.75 bits per heavy atom. The summed E-state index contributed by atoms with van der Waals surface area (Å²) in [5.41, 5.74) is 11.2. The van der Waals surface area contributed by atoms with Crippen molar-refractivity contribution < 1.29 is 0 Å². The van der Waals surface area contributed by atoms with Crippen molar-refractivity contribution in [2.45, 2.75) is 23.7 Å². The summed E-state index contributed by atoms with van der Waals surface area (Å²) in [6.07, 6.45) is 0.945. The highest BCUT2D eigenvalue weighted by Crippen LogP contribution is 2.24. The summed E-state index contributed by atoms with van der Waals surface area (Å²) < 4.78 is 0. The Morgan fingerprint density at radius 1 is 1.10 bits per heavy atom. The van der Waals surface area contributed by atoms with Crippen molar-refractivity contribution in [3.8, 4) is 0 Å². The molecule has 0 saturated heterocycles. The van der Waals surface area contributed by atoms with E-state index in [0.29, 0.717) is 16.3 Å². The average Bonchev–Trinajstić information content (AvgIpc) is 2.34. The Labute approximate surface area is 124 Å². The predicted molar refractivity (Wildman–Crippen MR) is 78.6 cm³/mol. The van der Waals surface area contributed by atoms with Gasteiger partial charge in [-0.15, -0.1) is 0 Å². The van der Waals surface area contributed by atoms with Gasteiger partial charge in [0.05, 0.1) is 0 Å². The second-order valence-electron chi connectivity index (χ2n) is 3.74. The number of rotatable bonds is 5. The van der Waals surface area contributed by atoms with Gasteiger partial charge in [0.2, 0.25) is 16.4 Å². The summed E-state index contributed by atoms with van der Waals surface area (Å²) in [6.45, 7) is 2.78. The lowest BCUT2D eigenvalue weighted by Crippen LogP contribution is -2.06. The van der Waals surface area contributed by atoms with Crippen LogP contribution in [0.3, 0.4) is 0 Å². The SMILES string of the molecule is CCCNc1nc(Cl)nc(Sc2nc(N)cc(N)n2)n1. The van der Waals surface area contributed by atoms with Crippen LogP contribution in [0, 0.1) is 0 Å². The van der Waals surface area contributed by atoms with Gasteiger partial charge in [0.1, 0.15) is 11.6 Å². The molecule has 0 radical (unpaired) electrons. The smallest absolute Gasteiger partial charge is 0.228 e. The zero-order chi connectivity index (χ0) is 14.5. The Balaban J connectivity index is 2.21. The first-order valence-electron chi connectivity index (χ1n) is 5.80. The fourth-order valence-electron chi connectivity index (χ4n) is 1.28. The molecule has 2 heterocycles. The number of anilines is 3. The van der Waals surface area contributed by atoms with Crippen LogP contribution in [0.1, 0.15) is 13.3 Å². The standard InChI is InChI=1S/C10H13ClN8S/c1-2-3-14-8-17-7(11)18-10(19-8)20-9-15-5(12)4-6(13)16-9/h4H,2-3H2,1H3,(H4,12,13,15,16)(H,14,17,18,19). The van der Waals surface area contributed by atoms with Gasteiger partial charge in [-0.25, -0.2) is 9.97 Å². The van der Waals surface area contributed by atoms with Crippen molar-refractivity contribution in [3.63, 3.8) is 0 Å². The fourth-order valence-corrected chi connectivity index (χ4v) is 2.22. The fraction of sp³-hybridized carbons (Fsp3) is 0.300. The van der Waals surface area contributed by atoms with Crippen molar-refractivity contribution in [1.82, 2.24) is 24.9 Å². The van der Waals surface area contributed by atoms with Gasteiger partial charge in [0, 0.05) is 12.6 Å². The summed E-state index contributed by atoms with van der Waals surface area (Å²) >= 11 is 6.96. The maximum atomic E-state index is 5.85.